The zero-order chi connectivity index (χ0) is 22.0. The Labute approximate surface area is 189 Å². The molecule has 0 spiro atoms. The summed E-state index contributed by atoms with van der Waals surface area (Å²) in [5.41, 5.74) is 2.52. The summed E-state index contributed by atoms with van der Waals surface area (Å²) in [5, 5.41) is 4.47. The fourth-order valence-electron chi connectivity index (χ4n) is 2.99. The molecule has 9 heteroatoms. The van der Waals surface area contributed by atoms with Crippen molar-refractivity contribution in [3.05, 3.63) is 82.8 Å². The lowest BCUT2D eigenvalue weighted by Gasteiger charge is -2.10. The maximum Gasteiger partial charge on any atom is 0.263 e. The molecular formula is C22H16Cl2N2O4S. The number of anilines is 1. The third-order valence-electron chi connectivity index (χ3n) is 4.50. The lowest BCUT2D eigenvalue weighted by Crippen LogP contribution is -2.13. The van der Waals surface area contributed by atoms with Crippen molar-refractivity contribution in [1.29, 1.82) is 0 Å². The van der Waals surface area contributed by atoms with Gasteiger partial charge in [-0.25, -0.2) is 8.42 Å². The number of para-hydroxylation sites is 1. The molecule has 1 N–H and O–H groups in total. The Balaban J connectivity index is 1.57. The van der Waals surface area contributed by atoms with Gasteiger partial charge in [-0.3, -0.25) is 4.72 Å². The Hall–Kier alpha value is -3.00. The predicted molar refractivity (Wildman–Crippen MR) is 121 cm³/mol. The molecule has 0 bridgehead atoms. The van der Waals surface area contributed by atoms with Crippen molar-refractivity contribution in [2.24, 2.45) is 0 Å². The van der Waals surface area contributed by atoms with E-state index in [0.717, 1.165) is 11.1 Å². The van der Waals surface area contributed by atoms with Gasteiger partial charge in [-0.05, 0) is 42.5 Å². The van der Waals surface area contributed by atoms with Crippen LogP contribution in [0.5, 0.6) is 5.75 Å². The minimum absolute atomic E-state index is 0.0833. The number of rotatable bonds is 6. The SMILES string of the molecule is COc1ccccc1-c1cc(-c2ccc(NS(=O)(=O)c3cc(Cl)ccc3Cl)cc2)no1. The number of nitrogens with one attached hydrogen (secondary N) is 1. The van der Waals surface area contributed by atoms with Crippen molar-refractivity contribution in [2.45, 2.75) is 4.90 Å². The minimum Gasteiger partial charge on any atom is -0.496 e. The molecule has 4 aromatic rings. The van der Waals surface area contributed by atoms with Crippen LogP contribution in [0, 0.1) is 0 Å². The Morgan fingerprint density at radius 2 is 1.71 bits per heavy atom. The minimum atomic E-state index is -3.90. The number of hydrogen-bond donors (Lipinski definition) is 1. The highest BCUT2D eigenvalue weighted by Gasteiger charge is 2.19. The van der Waals surface area contributed by atoms with Gasteiger partial charge >= 0.3 is 0 Å². The van der Waals surface area contributed by atoms with Crippen molar-refractivity contribution in [2.75, 3.05) is 11.8 Å². The second-order valence-corrected chi connectivity index (χ2v) is 9.03. The van der Waals surface area contributed by atoms with Crippen LogP contribution in [-0.4, -0.2) is 20.7 Å². The maximum absolute atomic E-state index is 12.7. The van der Waals surface area contributed by atoms with Crippen LogP contribution in [0.1, 0.15) is 0 Å². The number of hydrogen-bond acceptors (Lipinski definition) is 5. The molecule has 3 aromatic carbocycles. The lowest BCUT2D eigenvalue weighted by molar-refractivity contribution is 0.407. The average molecular weight is 475 g/mol. The zero-order valence-electron chi connectivity index (χ0n) is 16.2. The van der Waals surface area contributed by atoms with Crippen LogP contribution in [0.15, 0.2) is 82.2 Å². The molecule has 0 fully saturated rings. The number of nitrogens with zero attached hydrogens (tertiary/aromatic N) is 1. The zero-order valence-corrected chi connectivity index (χ0v) is 18.5. The van der Waals surface area contributed by atoms with Crippen LogP contribution in [0.3, 0.4) is 0 Å². The largest absolute Gasteiger partial charge is 0.496 e. The monoisotopic (exact) mass is 474 g/mol. The van der Waals surface area contributed by atoms with Crippen LogP contribution in [0.4, 0.5) is 5.69 Å². The van der Waals surface area contributed by atoms with Crippen molar-refractivity contribution in [1.82, 2.24) is 5.16 Å². The second-order valence-electron chi connectivity index (χ2n) is 6.53. The summed E-state index contributed by atoms with van der Waals surface area (Å²) in [7, 11) is -2.31. The van der Waals surface area contributed by atoms with E-state index in [-0.39, 0.29) is 14.9 Å². The molecule has 1 aromatic heterocycles. The topological polar surface area (TPSA) is 81.4 Å². The van der Waals surface area contributed by atoms with Gasteiger partial charge in [0.25, 0.3) is 10.0 Å². The first-order valence-corrected chi connectivity index (χ1v) is 11.3. The van der Waals surface area contributed by atoms with Gasteiger partial charge in [0.1, 0.15) is 16.3 Å². The van der Waals surface area contributed by atoms with Gasteiger partial charge in [0, 0.05) is 22.3 Å². The molecule has 0 atom stereocenters. The van der Waals surface area contributed by atoms with E-state index in [1.54, 1.807) is 37.4 Å². The van der Waals surface area contributed by atoms with E-state index in [9.17, 15) is 8.42 Å². The highest BCUT2D eigenvalue weighted by molar-refractivity contribution is 7.92. The lowest BCUT2D eigenvalue weighted by atomic mass is 10.1. The number of ether oxygens (including phenoxy) is 1. The first kappa shape index (κ1) is 21.2. The summed E-state index contributed by atoms with van der Waals surface area (Å²) >= 11 is 11.9. The molecule has 0 aliphatic rings. The van der Waals surface area contributed by atoms with Gasteiger partial charge < -0.3 is 9.26 Å². The fraction of sp³-hybridized carbons (Fsp3) is 0.0455. The van der Waals surface area contributed by atoms with E-state index < -0.39 is 10.0 Å². The Kier molecular flexibility index (Phi) is 5.91. The maximum atomic E-state index is 12.7. The molecule has 31 heavy (non-hydrogen) atoms. The normalized spacial score (nSPS) is 11.3. The van der Waals surface area contributed by atoms with Gasteiger partial charge in [0.15, 0.2) is 5.76 Å². The molecule has 6 nitrogen and oxygen atoms in total. The molecule has 0 saturated heterocycles. The summed E-state index contributed by atoms with van der Waals surface area (Å²) in [6, 6.07) is 20.3. The Morgan fingerprint density at radius 1 is 0.968 bits per heavy atom. The van der Waals surface area contributed by atoms with Gasteiger partial charge in [0.05, 0.1) is 17.7 Å². The molecule has 4 rings (SSSR count). The smallest absolute Gasteiger partial charge is 0.263 e. The molecule has 0 aliphatic heterocycles. The fourth-order valence-corrected chi connectivity index (χ4v) is 4.81. The first-order chi connectivity index (χ1) is 14.9. The molecule has 1 heterocycles. The first-order valence-electron chi connectivity index (χ1n) is 9.06. The van der Waals surface area contributed by atoms with E-state index in [1.165, 1.54) is 18.2 Å². The van der Waals surface area contributed by atoms with Crippen molar-refractivity contribution in [3.8, 4) is 28.3 Å². The number of sulfonamides is 1. The van der Waals surface area contributed by atoms with Gasteiger partial charge in [-0.2, -0.15) is 0 Å². The molecular weight excluding hydrogens is 459 g/mol. The number of halogens is 2. The number of methoxy groups -OCH3 is 1. The van der Waals surface area contributed by atoms with Gasteiger partial charge in [-0.1, -0.05) is 52.6 Å². The van der Waals surface area contributed by atoms with Crippen molar-refractivity contribution >= 4 is 38.9 Å². The number of benzene rings is 3. The van der Waals surface area contributed by atoms with Crippen LogP contribution >= 0.6 is 23.2 Å². The third kappa shape index (κ3) is 4.54. The summed E-state index contributed by atoms with van der Waals surface area (Å²) < 4.78 is 38.6. The Bertz CT molecular complexity index is 1340. The standard InChI is InChI=1S/C22H16Cl2N2O4S/c1-29-20-5-3-2-4-17(20)21-13-19(25-30-21)14-6-9-16(10-7-14)26-31(27,28)22-12-15(23)8-11-18(22)24/h2-13,26H,1H3. The van der Waals surface area contributed by atoms with E-state index in [0.29, 0.717) is 22.9 Å². The predicted octanol–water partition coefficient (Wildman–Crippen LogP) is 6.12. The average Bonchev–Trinajstić information content (AvgIpc) is 3.25. The van der Waals surface area contributed by atoms with Crippen LogP contribution < -0.4 is 9.46 Å². The third-order valence-corrected chi connectivity index (χ3v) is 6.60. The summed E-state index contributed by atoms with van der Waals surface area (Å²) in [5.74, 6) is 1.24. The van der Waals surface area contributed by atoms with E-state index in [4.69, 9.17) is 32.5 Å². The van der Waals surface area contributed by atoms with Crippen molar-refractivity contribution < 1.29 is 17.7 Å². The molecule has 158 valence electrons. The quantitative estimate of drug-likeness (QED) is 0.363. The van der Waals surface area contributed by atoms with E-state index in [1.807, 2.05) is 24.3 Å². The van der Waals surface area contributed by atoms with Gasteiger partial charge in [-0.15, -0.1) is 0 Å². The van der Waals surface area contributed by atoms with E-state index >= 15 is 0 Å². The summed E-state index contributed by atoms with van der Waals surface area (Å²) in [6.07, 6.45) is 0. The Morgan fingerprint density at radius 3 is 2.45 bits per heavy atom. The summed E-state index contributed by atoms with van der Waals surface area (Å²) in [4.78, 5) is -0.0938. The highest BCUT2D eigenvalue weighted by Crippen LogP contribution is 2.33. The molecule has 0 unspecified atom stereocenters. The van der Waals surface area contributed by atoms with Gasteiger partial charge in [0.2, 0.25) is 0 Å². The second kappa shape index (κ2) is 8.63. The van der Waals surface area contributed by atoms with Crippen molar-refractivity contribution in [3.63, 3.8) is 0 Å². The molecule has 0 radical (unpaired) electrons. The van der Waals surface area contributed by atoms with Crippen LogP contribution in [-0.2, 0) is 10.0 Å². The van der Waals surface area contributed by atoms with E-state index in [2.05, 4.69) is 9.88 Å². The number of aromatic nitrogens is 1. The molecule has 0 saturated carbocycles. The summed E-state index contributed by atoms with van der Waals surface area (Å²) in [6.45, 7) is 0. The van der Waals surface area contributed by atoms with Crippen LogP contribution in [0.25, 0.3) is 22.6 Å². The molecule has 0 amide bonds. The highest BCUT2D eigenvalue weighted by atomic mass is 35.5. The van der Waals surface area contributed by atoms with Crippen LogP contribution in [0.2, 0.25) is 10.0 Å². The molecule has 0 aliphatic carbocycles.